The fraction of sp³-hybridized carbons (Fsp3) is 0.429. The normalized spacial score (nSPS) is 18.5. The molecule has 5 rings (SSSR count). The fourth-order valence-corrected chi connectivity index (χ4v) is 6.34. The van der Waals surface area contributed by atoms with Gasteiger partial charge in [-0.05, 0) is 106 Å². The third-order valence-corrected chi connectivity index (χ3v) is 8.01. The molecule has 3 aliphatic rings. The summed E-state index contributed by atoms with van der Waals surface area (Å²) in [5.41, 5.74) is 6.43. The van der Waals surface area contributed by atoms with Crippen LogP contribution in [-0.4, -0.2) is 32.2 Å². The average molecular weight is 524 g/mol. The van der Waals surface area contributed by atoms with E-state index in [1.165, 1.54) is 22.1 Å². The first-order valence-electron chi connectivity index (χ1n) is 12.8. The van der Waals surface area contributed by atoms with Crippen molar-refractivity contribution in [3.8, 4) is 0 Å². The number of hydrogen-bond acceptors (Lipinski definition) is 5. The van der Waals surface area contributed by atoms with Crippen molar-refractivity contribution in [2.45, 2.75) is 77.4 Å². The van der Waals surface area contributed by atoms with Gasteiger partial charge in [0.15, 0.2) is 0 Å². The molecule has 1 heterocycles. The maximum atomic E-state index is 13.0. The molecule has 0 fully saturated rings. The molecule has 0 saturated carbocycles. The van der Waals surface area contributed by atoms with Gasteiger partial charge in [-0.15, -0.1) is 0 Å². The summed E-state index contributed by atoms with van der Waals surface area (Å²) in [5, 5.41) is 3.80. The Balaban J connectivity index is 1.32. The first kappa shape index (κ1) is 25.3. The van der Waals surface area contributed by atoms with E-state index in [-0.39, 0.29) is 0 Å². The van der Waals surface area contributed by atoms with Crippen molar-refractivity contribution in [1.29, 1.82) is 0 Å². The number of aryl methyl sites for hydroxylation is 2. The van der Waals surface area contributed by atoms with E-state index in [0.717, 1.165) is 66.3 Å². The third kappa shape index (κ3) is 5.37. The van der Waals surface area contributed by atoms with Crippen molar-refractivity contribution in [3.05, 3.63) is 69.6 Å². The zero-order chi connectivity index (χ0) is 26.4. The first-order chi connectivity index (χ1) is 17.5. The molecule has 2 aromatic rings. The van der Waals surface area contributed by atoms with E-state index in [4.69, 9.17) is 4.74 Å². The van der Waals surface area contributed by atoms with Crippen molar-refractivity contribution < 1.29 is 22.7 Å². The van der Waals surface area contributed by atoms with Gasteiger partial charge in [-0.2, -0.15) is 0 Å². The molecular weight excluding hydrogens is 490 g/mol. The standard InChI is InChI=1S/C28H33N3O5S/c1-28(2,3)36-27(33)31-21(17-20-8-4-5-13-24(20)31)14-15-37(34,35)30-26(32)29-25-22-11-6-9-18(22)16-19-10-7-12-23(19)25/h4-5,8,13-16,21H,6-7,9-12,17H2,1-3H3,(H2,29,30,32)/b15-14+. The van der Waals surface area contributed by atoms with Crippen LogP contribution in [0, 0.1) is 0 Å². The van der Waals surface area contributed by atoms with Crippen LogP contribution in [0.1, 0.15) is 61.4 Å². The average Bonchev–Trinajstić information content (AvgIpc) is 3.53. The highest BCUT2D eigenvalue weighted by Crippen LogP contribution is 2.38. The number of amides is 3. The Bertz CT molecular complexity index is 1360. The lowest BCUT2D eigenvalue weighted by molar-refractivity contribution is 0.0575. The number of sulfonamides is 1. The van der Waals surface area contributed by atoms with Gasteiger partial charge in [-0.1, -0.05) is 24.3 Å². The monoisotopic (exact) mass is 523 g/mol. The summed E-state index contributed by atoms with van der Waals surface area (Å²) >= 11 is 0. The molecule has 2 N–H and O–H groups in total. The molecular formula is C28H33N3O5S. The number of nitrogens with zero attached hydrogens (tertiary/aromatic N) is 1. The first-order valence-corrected chi connectivity index (χ1v) is 14.3. The van der Waals surface area contributed by atoms with Crippen LogP contribution in [-0.2, 0) is 46.9 Å². The summed E-state index contributed by atoms with van der Waals surface area (Å²) in [5.74, 6) is 0. The number of rotatable bonds is 4. The van der Waals surface area contributed by atoms with Crippen molar-refractivity contribution in [2.24, 2.45) is 0 Å². The molecule has 1 atom stereocenters. The van der Waals surface area contributed by atoms with Crippen LogP contribution < -0.4 is 14.9 Å². The molecule has 0 radical (unpaired) electrons. The number of carbonyl (C=O) groups is 2. The van der Waals surface area contributed by atoms with Gasteiger partial charge in [-0.3, -0.25) is 4.90 Å². The van der Waals surface area contributed by atoms with Gasteiger partial charge in [0.2, 0.25) is 0 Å². The minimum Gasteiger partial charge on any atom is -0.443 e. The number of hydrogen-bond donors (Lipinski definition) is 2. The quantitative estimate of drug-likeness (QED) is 0.587. The second-order valence-corrected chi connectivity index (χ2v) is 12.5. The van der Waals surface area contributed by atoms with E-state index in [1.54, 1.807) is 20.8 Å². The maximum Gasteiger partial charge on any atom is 0.415 e. The van der Waals surface area contributed by atoms with Gasteiger partial charge in [-0.25, -0.2) is 22.7 Å². The SMILES string of the molecule is CC(C)(C)OC(=O)N1c2ccccc2CC1/C=C/S(=O)(=O)NC(=O)Nc1c2c(cc3c1CCC3)CCC2. The number of urea groups is 1. The lowest BCUT2D eigenvalue weighted by Gasteiger charge is -2.28. The van der Waals surface area contributed by atoms with Crippen LogP contribution in [0.4, 0.5) is 21.0 Å². The Morgan fingerprint density at radius 1 is 1.00 bits per heavy atom. The van der Waals surface area contributed by atoms with Crippen LogP contribution in [0.3, 0.4) is 0 Å². The molecule has 3 amide bonds. The zero-order valence-electron chi connectivity index (χ0n) is 21.5. The molecule has 9 heteroatoms. The Morgan fingerprint density at radius 2 is 1.65 bits per heavy atom. The fourth-order valence-electron chi connectivity index (χ4n) is 5.58. The molecule has 1 aliphatic heterocycles. The number of benzene rings is 2. The Labute approximate surface area is 218 Å². The third-order valence-electron chi connectivity index (χ3n) is 7.03. The zero-order valence-corrected chi connectivity index (χ0v) is 22.3. The van der Waals surface area contributed by atoms with E-state index in [0.29, 0.717) is 12.1 Å². The number of para-hydroxylation sites is 1. The van der Waals surface area contributed by atoms with E-state index in [9.17, 15) is 18.0 Å². The molecule has 0 aromatic heterocycles. The van der Waals surface area contributed by atoms with Crippen LogP contribution in [0.25, 0.3) is 0 Å². The second kappa shape index (κ2) is 9.52. The number of ether oxygens (including phenoxy) is 1. The Kier molecular flexibility index (Phi) is 6.52. The highest BCUT2D eigenvalue weighted by Gasteiger charge is 2.35. The van der Waals surface area contributed by atoms with Gasteiger partial charge in [0.25, 0.3) is 10.0 Å². The number of nitrogens with one attached hydrogen (secondary N) is 2. The predicted octanol–water partition coefficient (Wildman–Crippen LogP) is 5.00. The molecule has 0 saturated heterocycles. The minimum absolute atomic E-state index is 0.440. The summed E-state index contributed by atoms with van der Waals surface area (Å²) < 4.78 is 33.4. The Morgan fingerprint density at radius 3 is 2.30 bits per heavy atom. The highest BCUT2D eigenvalue weighted by atomic mass is 32.2. The molecule has 0 spiro atoms. The second-order valence-electron chi connectivity index (χ2n) is 10.9. The van der Waals surface area contributed by atoms with Gasteiger partial charge in [0.1, 0.15) is 5.60 Å². The molecule has 0 bridgehead atoms. The number of carbonyl (C=O) groups excluding carboxylic acids is 2. The molecule has 196 valence electrons. The molecule has 1 unspecified atom stereocenters. The topological polar surface area (TPSA) is 105 Å². The van der Waals surface area contributed by atoms with E-state index in [1.807, 2.05) is 24.3 Å². The van der Waals surface area contributed by atoms with E-state index < -0.39 is 33.8 Å². The molecule has 2 aromatic carbocycles. The summed E-state index contributed by atoms with van der Waals surface area (Å²) in [7, 11) is -4.11. The molecule has 8 nitrogen and oxygen atoms in total. The van der Waals surface area contributed by atoms with Crippen molar-refractivity contribution >= 4 is 33.5 Å². The van der Waals surface area contributed by atoms with Crippen LogP contribution in [0.15, 0.2) is 41.8 Å². The smallest absolute Gasteiger partial charge is 0.415 e. The lowest BCUT2D eigenvalue weighted by atomic mass is 9.99. The van der Waals surface area contributed by atoms with Crippen LogP contribution >= 0.6 is 0 Å². The van der Waals surface area contributed by atoms with Crippen molar-refractivity contribution in [3.63, 3.8) is 0 Å². The van der Waals surface area contributed by atoms with Gasteiger partial charge in [0, 0.05) is 11.1 Å². The molecule has 37 heavy (non-hydrogen) atoms. The van der Waals surface area contributed by atoms with Gasteiger partial charge < -0.3 is 10.1 Å². The Hall–Kier alpha value is -3.33. The van der Waals surface area contributed by atoms with E-state index >= 15 is 0 Å². The summed E-state index contributed by atoms with van der Waals surface area (Å²) in [4.78, 5) is 27.2. The summed E-state index contributed by atoms with van der Waals surface area (Å²) in [6, 6.07) is 8.32. The maximum absolute atomic E-state index is 13.0. The predicted molar refractivity (Wildman–Crippen MR) is 143 cm³/mol. The van der Waals surface area contributed by atoms with Crippen molar-refractivity contribution in [2.75, 3.05) is 10.2 Å². The minimum atomic E-state index is -4.11. The highest BCUT2D eigenvalue weighted by molar-refractivity contribution is 7.92. The largest absolute Gasteiger partial charge is 0.443 e. The molecule has 2 aliphatic carbocycles. The summed E-state index contributed by atoms with van der Waals surface area (Å²) in [6.07, 6.45) is 7.12. The summed E-state index contributed by atoms with van der Waals surface area (Å²) in [6.45, 7) is 5.34. The van der Waals surface area contributed by atoms with Crippen LogP contribution in [0.5, 0.6) is 0 Å². The number of fused-ring (bicyclic) bond motifs is 3. The lowest BCUT2D eigenvalue weighted by Crippen LogP contribution is -2.41. The van der Waals surface area contributed by atoms with E-state index in [2.05, 4.69) is 16.1 Å². The van der Waals surface area contributed by atoms with Crippen LogP contribution in [0.2, 0.25) is 0 Å². The van der Waals surface area contributed by atoms with Gasteiger partial charge >= 0.3 is 12.1 Å². The van der Waals surface area contributed by atoms with Crippen molar-refractivity contribution in [1.82, 2.24) is 4.72 Å². The van der Waals surface area contributed by atoms with Gasteiger partial charge in [0.05, 0.1) is 11.7 Å². The number of anilines is 2.